The molecule has 0 fully saturated rings. The maximum absolute atomic E-state index is 5.37. The van der Waals surface area contributed by atoms with Crippen molar-refractivity contribution < 1.29 is 4.74 Å². The lowest BCUT2D eigenvalue weighted by molar-refractivity contribution is 0.417. The van der Waals surface area contributed by atoms with Crippen LogP contribution in [0.1, 0.15) is 12.5 Å². The highest BCUT2D eigenvalue weighted by Crippen LogP contribution is 2.29. The first-order valence-corrected chi connectivity index (χ1v) is 6.95. The van der Waals surface area contributed by atoms with Crippen LogP contribution in [0, 0.1) is 0 Å². The minimum Gasteiger partial charge on any atom is -0.495 e. The van der Waals surface area contributed by atoms with Crippen LogP contribution in [0.15, 0.2) is 48.8 Å². The molecule has 0 saturated carbocycles. The maximum atomic E-state index is 5.37. The second kappa shape index (κ2) is 5.79. The zero-order chi connectivity index (χ0) is 14.7. The normalized spacial score (nSPS) is 10.6. The maximum Gasteiger partial charge on any atom is 0.142 e. The van der Waals surface area contributed by atoms with Gasteiger partial charge in [-0.05, 0) is 36.2 Å². The summed E-state index contributed by atoms with van der Waals surface area (Å²) in [6.07, 6.45) is 2.56. The molecule has 0 saturated heterocycles. The molecule has 0 bridgehead atoms. The molecule has 2 aromatic carbocycles. The second-order valence-electron chi connectivity index (χ2n) is 4.75. The molecule has 106 valence electrons. The molecule has 0 amide bonds. The summed E-state index contributed by atoms with van der Waals surface area (Å²) in [6.45, 7) is 2.14. The predicted molar refractivity (Wildman–Crippen MR) is 85.2 cm³/mol. The number of nitrogens with zero attached hydrogens (tertiary/aromatic N) is 2. The molecule has 4 nitrogen and oxygen atoms in total. The van der Waals surface area contributed by atoms with E-state index in [1.807, 2.05) is 30.3 Å². The van der Waals surface area contributed by atoms with Crippen LogP contribution in [0.5, 0.6) is 5.75 Å². The van der Waals surface area contributed by atoms with Crippen LogP contribution in [-0.2, 0) is 6.42 Å². The number of hydrogen-bond acceptors (Lipinski definition) is 4. The third kappa shape index (κ3) is 2.65. The average Bonchev–Trinajstić information content (AvgIpc) is 2.55. The van der Waals surface area contributed by atoms with Crippen LogP contribution < -0.4 is 10.1 Å². The lowest BCUT2D eigenvalue weighted by atomic mass is 10.1. The van der Waals surface area contributed by atoms with Gasteiger partial charge in [-0.3, -0.25) is 0 Å². The molecule has 0 aliphatic carbocycles. The highest BCUT2D eigenvalue weighted by molar-refractivity contribution is 5.91. The van der Waals surface area contributed by atoms with Gasteiger partial charge in [0.1, 0.15) is 17.9 Å². The van der Waals surface area contributed by atoms with Gasteiger partial charge in [0.25, 0.3) is 0 Å². The number of aryl methyl sites for hydroxylation is 1. The summed E-state index contributed by atoms with van der Waals surface area (Å²) in [6, 6.07) is 14.1. The van der Waals surface area contributed by atoms with E-state index in [2.05, 4.69) is 34.3 Å². The molecule has 1 heterocycles. The molecular weight excluding hydrogens is 262 g/mol. The summed E-state index contributed by atoms with van der Waals surface area (Å²) >= 11 is 0. The minimum absolute atomic E-state index is 0.788. The summed E-state index contributed by atoms with van der Waals surface area (Å²) in [4.78, 5) is 8.69. The van der Waals surface area contributed by atoms with E-state index >= 15 is 0 Å². The molecule has 0 aliphatic heterocycles. The van der Waals surface area contributed by atoms with E-state index in [1.165, 1.54) is 5.56 Å². The SMILES string of the molecule is CCc1ccc2ncnc(Nc3ccccc3OC)c2c1. The number of benzene rings is 2. The third-order valence-electron chi connectivity index (χ3n) is 3.47. The number of rotatable bonds is 4. The van der Waals surface area contributed by atoms with Gasteiger partial charge in [0, 0.05) is 5.39 Å². The fourth-order valence-electron chi connectivity index (χ4n) is 2.30. The quantitative estimate of drug-likeness (QED) is 0.785. The first kappa shape index (κ1) is 13.4. The van der Waals surface area contributed by atoms with Crippen molar-refractivity contribution in [2.75, 3.05) is 12.4 Å². The highest BCUT2D eigenvalue weighted by atomic mass is 16.5. The van der Waals surface area contributed by atoms with E-state index in [1.54, 1.807) is 13.4 Å². The first-order chi connectivity index (χ1) is 10.3. The van der Waals surface area contributed by atoms with E-state index in [-0.39, 0.29) is 0 Å². The van der Waals surface area contributed by atoms with Crippen molar-refractivity contribution >= 4 is 22.4 Å². The van der Waals surface area contributed by atoms with E-state index in [4.69, 9.17) is 4.74 Å². The van der Waals surface area contributed by atoms with Gasteiger partial charge in [0.15, 0.2) is 0 Å². The molecular formula is C17H17N3O. The van der Waals surface area contributed by atoms with Crippen LogP contribution in [0.3, 0.4) is 0 Å². The predicted octanol–water partition coefficient (Wildman–Crippen LogP) is 3.94. The Kier molecular flexibility index (Phi) is 3.69. The van der Waals surface area contributed by atoms with Crippen LogP contribution in [0.4, 0.5) is 11.5 Å². The molecule has 4 heteroatoms. The topological polar surface area (TPSA) is 47.0 Å². The largest absolute Gasteiger partial charge is 0.495 e. The summed E-state index contributed by atoms with van der Waals surface area (Å²) in [5.74, 6) is 1.58. The van der Waals surface area contributed by atoms with Crippen LogP contribution in [0.25, 0.3) is 10.9 Å². The van der Waals surface area contributed by atoms with Crippen LogP contribution in [0.2, 0.25) is 0 Å². The molecule has 3 aromatic rings. The molecule has 0 unspecified atom stereocenters. The average molecular weight is 279 g/mol. The van der Waals surface area contributed by atoms with Crippen LogP contribution in [-0.4, -0.2) is 17.1 Å². The van der Waals surface area contributed by atoms with E-state index in [0.29, 0.717) is 0 Å². The smallest absolute Gasteiger partial charge is 0.142 e. The van der Waals surface area contributed by atoms with Gasteiger partial charge >= 0.3 is 0 Å². The lowest BCUT2D eigenvalue weighted by Crippen LogP contribution is -1.98. The van der Waals surface area contributed by atoms with Crippen molar-refractivity contribution in [2.24, 2.45) is 0 Å². The van der Waals surface area contributed by atoms with Gasteiger partial charge < -0.3 is 10.1 Å². The zero-order valence-corrected chi connectivity index (χ0v) is 12.1. The Labute approximate surface area is 123 Å². The van der Waals surface area contributed by atoms with E-state index in [9.17, 15) is 0 Å². The van der Waals surface area contributed by atoms with E-state index in [0.717, 1.165) is 34.6 Å². The zero-order valence-electron chi connectivity index (χ0n) is 12.1. The van der Waals surface area contributed by atoms with Gasteiger partial charge in [-0.2, -0.15) is 0 Å². The Balaban J connectivity index is 2.07. The third-order valence-corrected chi connectivity index (χ3v) is 3.47. The Hall–Kier alpha value is -2.62. The van der Waals surface area contributed by atoms with Crippen molar-refractivity contribution in [3.05, 3.63) is 54.4 Å². The molecule has 1 N–H and O–H groups in total. The number of para-hydroxylation sites is 2. The molecule has 0 spiro atoms. The van der Waals surface area contributed by atoms with E-state index < -0.39 is 0 Å². The van der Waals surface area contributed by atoms with Crippen molar-refractivity contribution in [1.82, 2.24) is 9.97 Å². The fraction of sp³-hybridized carbons (Fsp3) is 0.176. The van der Waals surface area contributed by atoms with Crippen molar-refractivity contribution in [3.63, 3.8) is 0 Å². The van der Waals surface area contributed by atoms with Gasteiger partial charge in [-0.25, -0.2) is 9.97 Å². The lowest BCUT2D eigenvalue weighted by Gasteiger charge is -2.12. The number of hydrogen-bond donors (Lipinski definition) is 1. The number of nitrogens with one attached hydrogen (secondary N) is 1. The Morgan fingerprint density at radius 2 is 1.95 bits per heavy atom. The number of aromatic nitrogens is 2. The summed E-state index contributed by atoms with van der Waals surface area (Å²) < 4.78 is 5.37. The molecule has 0 aliphatic rings. The van der Waals surface area contributed by atoms with Crippen molar-refractivity contribution in [2.45, 2.75) is 13.3 Å². The Morgan fingerprint density at radius 1 is 1.10 bits per heavy atom. The molecule has 0 radical (unpaired) electrons. The van der Waals surface area contributed by atoms with Crippen molar-refractivity contribution in [3.8, 4) is 5.75 Å². The summed E-state index contributed by atoms with van der Waals surface area (Å²) in [7, 11) is 1.66. The number of fused-ring (bicyclic) bond motifs is 1. The summed E-state index contributed by atoms with van der Waals surface area (Å²) in [5.41, 5.74) is 3.09. The summed E-state index contributed by atoms with van der Waals surface area (Å²) in [5, 5.41) is 4.36. The van der Waals surface area contributed by atoms with Crippen molar-refractivity contribution in [1.29, 1.82) is 0 Å². The highest BCUT2D eigenvalue weighted by Gasteiger charge is 2.07. The first-order valence-electron chi connectivity index (χ1n) is 6.95. The molecule has 21 heavy (non-hydrogen) atoms. The second-order valence-corrected chi connectivity index (χ2v) is 4.75. The number of methoxy groups -OCH3 is 1. The number of anilines is 2. The Morgan fingerprint density at radius 3 is 2.76 bits per heavy atom. The molecule has 1 aromatic heterocycles. The van der Waals surface area contributed by atoms with Gasteiger partial charge in [0.05, 0.1) is 18.3 Å². The van der Waals surface area contributed by atoms with Gasteiger partial charge in [-0.1, -0.05) is 25.1 Å². The van der Waals surface area contributed by atoms with Gasteiger partial charge in [-0.15, -0.1) is 0 Å². The Bertz CT molecular complexity index is 771. The van der Waals surface area contributed by atoms with Gasteiger partial charge in [0.2, 0.25) is 0 Å². The number of ether oxygens (including phenoxy) is 1. The monoisotopic (exact) mass is 279 g/mol. The molecule has 3 rings (SSSR count). The standard InChI is InChI=1S/C17H17N3O/c1-3-12-8-9-14-13(10-12)17(19-11-18-14)20-15-6-4-5-7-16(15)21-2/h4-11H,3H2,1-2H3,(H,18,19,20). The van der Waals surface area contributed by atoms with Crippen LogP contribution >= 0.6 is 0 Å². The fourth-order valence-corrected chi connectivity index (χ4v) is 2.30. The molecule has 0 atom stereocenters. The minimum atomic E-state index is 0.788.